The Hall–Kier alpha value is -2.38. The minimum absolute atomic E-state index is 0.0819. The van der Waals surface area contributed by atoms with Crippen LogP contribution in [0.2, 0.25) is 5.02 Å². The molecule has 2 rings (SSSR count). The average Bonchev–Trinajstić information content (AvgIpc) is 2.45. The molecule has 102 valence electrons. The van der Waals surface area contributed by atoms with Gasteiger partial charge in [-0.1, -0.05) is 17.7 Å². The van der Waals surface area contributed by atoms with Crippen molar-refractivity contribution in [3.8, 4) is 17.6 Å². The lowest BCUT2D eigenvalue weighted by Crippen LogP contribution is -2.01. The molecule has 0 aromatic heterocycles. The summed E-state index contributed by atoms with van der Waals surface area (Å²) in [6.45, 7) is 0.465. The number of methoxy groups -OCH3 is 1. The number of rotatable bonds is 4. The van der Waals surface area contributed by atoms with E-state index in [9.17, 15) is 5.11 Å². The van der Waals surface area contributed by atoms with Gasteiger partial charge in [-0.3, -0.25) is 0 Å². The first-order valence-corrected chi connectivity index (χ1v) is 6.31. The van der Waals surface area contributed by atoms with Crippen molar-refractivity contribution < 1.29 is 9.84 Å². The highest BCUT2D eigenvalue weighted by atomic mass is 35.5. The fraction of sp³-hybridized carbons (Fsp3) is 0.133. The summed E-state index contributed by atoms with van der Waals surface area (Å²) in [6, 6.07) is 12.3. The van der Waals surface area contributed by atoms with Gasteiger partial charge in [0, 0.05) is 11.6 Å². The molecule has 0 saturated heterocycles. The smallest absolute Gasteiger partial charge is 0.160 e. The average molecular weight is 289 g/mol. The Morgan fingerprint density at radius 1 is 1.30 bits per heavy atom. The highest BCUT2D eigenvalue weighted by Gasteiger charge is 2.05. The molecule has 4 nitrogen and oxygen atoms in total. The van der Waals surface area contributed by atoms with Gasteiger partial charge in [0.05, 0.1) is 18.4 Å². The van der Waals surface area contributed by atoms with E-state index < -0.39 is 0 Å². The molecule has 0 atom stereocenters. The fourth-order valence-corrected chi connectivity index (χ4v) is 1.98. The number of halogens is 1. The van der Waals surface area contributed by atoms with Crippen LogP contribution in [0.3, 0.4) is 0 Å². The van der Waals surface area contributed by atoms with Gasteiger partial charge in [0.2, 0.25) is 0 Å². The van der Waals surface area contributed by atoms with Crippen LogP contribution in [-0.4, -0.2) is 12.2 Å². The maximum atomic E-state index is 9.71. The maximum absolute atomic E-state index is 9.71. The molecule has 0 radical (unpaired) electrons. The molecule has 0 saturated carbocycles. The normalized spacial score (nSPS) is 9.85. The van der Waals surface area contributed by atoms with E-state index in [1.54, 1.807) is 30.3 Å². The Kier molecular flexibility index (Phi) is 4.34. The molecule has 0 aliphatic rings. The summed E-state index contributed by atoms with van der Waals surface area (Å²) < 4.78 is 4.98. The molecule has 0 aliphatic carbocycles. The molecule has 0 aliphatic heterocycles. The van der Waals surface area contributed by atoms with Crippen molar-refractivity contribution in [2.75, 3.05) is 12.4 Å². The van der Waals surface area contributed by atoms with E-state index in [-0.39, 0.29) is 5.75 Å². The van der Waals surface area contributed by atoms with E-state index in [0.717, 1.165) is 5.56 Å². The fourth-order valence-electron chi connectivity index (χ4n) is 1.80. The Bertz CT molecular complexity index is 665. The first-order chi connectivity index (χ1) is 9.63. The van der Waals surface area contributed by atoms with Crippen molar-refractivity contribution >= 4 is 17.3 Å². The van der Waals surface area contributed by atoms with Gasteiger partial charge >= 0.3 is 0 Å². The molecule has 0 fully saturated rings. The Balaban J connectivity index is 2.15. The number of aromatic hydroxyl groups is 1. The SMILES string of the molecule is COc1ccc(CNc2cc(Cl)ccc2C#N)cc1O. The standard InChI is InChI=1S/C15H13ClN2O2/c1-20-15-5-2-10(6-14(15)19)9-18-13-7-12(16)4-3-11(13)8-17/h2-7,18-19H,9H2,1H3. The van der Waals surface area contributed by atoms with Crippen molar-refractivity contribution in [3.05, 3.63) is 52.5 Å². The molecule has 2 aromatic carbocycles. The van der Waals surface area contributed by atoms with Crippen LogP contribution in [-0.2, 0) is 6.54 Å². The lowest BCUT2D eigenvalue weighted by Gasteiger charge is -2.10. The van der Waals surface area contributed by atoms with Crippen molar-refractivity contribution in [2.24, 2.45) is 0 Å². The molecular weight excluding hydrogens is 276 g/mol. The number of phenolic OH excluding ortho intramolecular Hbond substituents is 1. The van der Waals surface area contributed by atoms with Gasteiger partial charge in [0.15, 0.2) is 11.5 Å². The summed E-state index contributed by atoms with van der Waals surface area (Å²) in [5.41, 5.74) is 2.05. The third-order valence-electron chi connectivity index (χ3n) is 2.83. The summed E-state index contributed by atoms with van der Waals surface area (Å²) >= 11 is 5.91. The molecule has 2 aromatic rings. The molecule has 0 unspecified atom stereocenters. The van der Waals surface area contributed by atoms with Gasteiger partial charge in [-0.2, -0.15) is 5.26 Å². The zero-order valence-corrected chi connectivity index (χ0v) is 11.6. The van der Waals surface area contributed by atoms with Crippen molar-refractivity contribution in [3.63, 3.8) is 0 Å². The summed E-state index contributed by atoms with van der Waals surface area (Å²) in [7, 11) is 1.50. The lowest BCUT2D eigenvalue weighted by atomic mass is 10.1. The minimum Gasteiger partial charge on any atom is -0.504 e. The number of hydrogen-bond donors (Lipinski definition) is 2. The van der Waals surface area contributed by atoms with E-state index in [2.05, 4.69) is 11.4 Å². The number of benzene rings is 2. The number of hydrogen-bond acceptors (Lipinski definition) is 4. The Morgan fingerprint density at radius 3 is 2.75 bits per heavy atom. The predicted molar refractivity (Wildman–Crippen MR) is 78.2 cm³/mol. The summed E-state index contributed by atoms with van der Waals surface area (Å²) in [6.07, 6.45) is 0. The van der Waals surface area contributed by atoms with E-state index in [1.165, 1.54) is 7.11 Å². The minimum atomic E-state index is 0.0819. The molecular formula is C15H13ClN2O2. The van der Waals surface area contributed by atoms with E-state index in [1.807, 2.05) is 6.07 Å². The van der Waals surface area contributed by atoms with Crippen molar-refractivity contribution in [1.82, 2.24) is 0 Å². The van der Waals surface area contributed by atoms with Crippen LogP contribution in [0, 0.1) is 11.3 Å². The second-order valence-corrected chi connectivity index (χ2v) is 4.60. The molecule has 0 amide bonds. The van der Waals surface area contributed by atoms with Crippen molar-refractivity contribution in [1.29, 1.82) is 5.26 Å². The monoisotopic (exact) mass is 288 g/mol. The molecule has 5 heteroatoms. The topological polar surface area (TPSA) is 65.3 Å². The zero-order chi connectivity index (χ0) is 14.5. The highest BCUT2D eigenvalue weighted by molar-refractivity contribution is 6.30. The predicted octanol–water partition coefficient (Wildman–Crippen LogP) is 3.54. The van der Waals surface area contributed by atoms with E-state index in [4.69, 9.17) is 21.6 Å². The highest BCUT2D eigenvalue weighted by Crippen LogP contribution is 2.27. The number of nitrogens with zero attached hydrogens (tertiary/aromatic N) is 1. The summed E-state index contributed by atoms with van der Waals surface area (Å²) in [5.74, 6) is 0.507. The third-order valence-corrected chi connectivity index (χ3v) is 3.06. The van der Waals surface area contributed by atoms with Gasteiger partial charge in [-0.25, -0.2) is 0 Å². The van der Waals surface area contributed by atoms with Crippen LogP contribution >= 0.6 is 11.6 Å². The molecule has 0 bridgehead atoms. The first-order valence-electron chi connectivity index (χ1n) is 5.93. The lowest BCUT2D eigenvalue weighted by molar-refractivity contribution is 0.373. The van der Waals surface area contributed by atoms with Crippen LogP contribution in [0.4, 0.5) is 5.69 Å². The number of nitriles is 1. The van der Waals surface area contributed by atoms with Gasteiger partial charge in [-0.05, 0) is 35.9 Å². The second kappa shape index (κ2) is 6.18. The number of anilines is 1. The number of ether oxygens (including phenoxy) is 1. The van der Waals surface area contributed by atoms with Gasteiger partial charge in [0.1, 0.15) is 6.07 Å². The molecule has 20 heavy (non-hydrogen) atoms. The van der Waals surface area contributed by atoms with Gasteiger partial charge in [-0.15, -0.1) is 0 Å². The Labute approximate surface area is 122 Å². The summed E-state index contributed by atoms with van der Waals surface area (Å²) in [5, 5.41) is 22.4. The third kappa shape index (κ3) is 3.14. The maximum Gasteiger partial charge on any atom is 0.160 e. The summed E-state index contributed by atoms with van der Waals surface area (Å²) in [4.78, 5) is 0. The quantitative estimate of drug-likeness (QED) is 0.903. The second-order valence-electron chi connectivity index (χ2n) is 4.16. The van der Waals surface area contributed by atoms with Gasteiger partial charge in [0.25, 0.3) is 0 Å². The number of phenols is 1. The Morgan fingerprint density at radius 2 is 2.10 bits per heavy atom. The van der Waals surface area contributed by atoms with Crippen molar-refractivity contribution in [2.45, 2.75) is 6.54 Å². The molecule has 0 heterocycles. The zero-order valence-electron chi connectivity index (χ0n) is 10.9. The first kappa shape index (κ1) is 14.0. The molecule has 2 N–H and O–H groups in total. The van der Waals surface area contributed by atoms with Crippen LogP contribution < -0.4 is 10.1 Å². The largest absolute Gasteiger partial charge is 0.504 e. The van der Waals surface area contributed by atoms with E-state index >= 15 is 0 Å². The van der Waals surface area contributed by atoms with Crippen LogP contribution in [0.15, 0.2) is 36.4 Å². The molecule has 0 spiro atoms. The van der Waals surface area contributed by atoms with Gasteiger partial charge < -0.3 is 15.2 Å². The van der Waals surface area contributed by atoms with Crippen LogP contribution in [0.5, 0.6) is 11.5 Å². The van der Waals surface area contributed by atoms with Crippen LogP contribution in [0.1, 0.15) is 11.1 Å². The van der Waals surface area contributed by atoms with E-state index in [0.29, 0.717) is 28.6 Å². The van der Waals surface area contributed by atoms with Crippen LogP contribution in [0.25, 0.3) is 0 Å². The number of nitrogens with one attached hydrogen (secondary N) is 1.